The molecule has 96 valence electrons. The maximum absolute atomic E-state index is 11.9. The van der Waals surface area contributed by atoms with E-state index in [1.165, 1.54) is 12.1 Å². The van der Waals surface area contributed by atoms with Crippen molar-refractivity contribution in [3.8, 4) is 0 Å². The molecule has 1 aromatic carbocycles. The van der Waals surface area contributed by atoms with Crippen LogP contribution >= 0.6 is 0 Å². The second-order valence-corrected chi connectivity index (χ2v) is 6.15. The van der Waals surface area contributed by atoms with Crippen molar-refractivity contribution in [3.05, 3.63) is 30.3 Å². The van der Waals surface area contributed by atoms with Crippen molar-refractivity contribution in [2.45, 2.75) is 37.2 Å². The van der Waals surface area contributed by atoms with Gasteiger partial charge in [0.1, 0.15) is 0 Å². The fraction of sp³-hybridized carbons (Fsp3) is 0.500. The number of rotatable bonds is 6. The van der Waals surface area contributed by atoms with Crippen LogP contribution in [-0.2, 0) is 10.0 Å². The molecule has 1 unspecified atom stereocenters. The zero-order chi connectivity index (χ0) is 12.9. The number of nitrogens with one attached hydrogen (secondary N) is 1. The van der Waals surface area contributed by atoms with E-state index < -0.39 is 15.6 Å². The Morgan fingerprint density at radius 1 is 1.29 bits per heavy atom. The summed E-state index contributed by atoms with van der Waals surface area (Å²) in [5.74, 6) is 0. The highest BCUT2D eigenvalue weighted by molar-refractivity contribution is 7.89. The summed E-state index contributed by atoms with van der Waals surface area (Å²) >= 11 is 0. The molecule has 1 rings (SSSR count). The number of hydrogen-bond acceptors (Lipinski definition) is 3. The van der Waals surface area contributed by atoms with Gasteiger partial charge in [0.05, 0.1) is 10.5 Å². The van der Waals surface area contributed by atoms with Gasteiger partial charge >= 0.3 is 0 Å². The lowest BCUT2D eigenvalue weighted by Crippen LogP contribution is -2.40. The van der Waals surface area contributed by atoms with Crippen molar-refractivity contribution in [2.24, 2.45) is 0 Å². The lowest BCUT2D eigenvalue weighted by atomic mass is 10.0. The highest BCUT2D eigenvalue weighted by Gasteiger charge is 2.22. The number of aliphatic hydroxyl groups is 1. The van der Waals surface area contributed by atoms with Crippen LogP contribution in [0.15, 0.2) is 35.2 Å². The lowest BCUT2D eigenvalue weighted by Gasteiger charge is -2.22. The third-order valence-electron chi connectivity index (χ3n) is 2.49. The van der Waals surface area contributed by atoms with Crippen LogP contribution in [0.25, 0.3) is 0 Å². The summed E-state index contributed by atoms with van der Waals surface area (Å²) in [5.41, 5.74) is -1.00. The molecule has 0 saturated carbocycles. The molecular weight excluding hydrogens is 238 g/mol. The molecule has 0 saturated heterocycles. The van der Waals surface area contributed by atoms with Gasteiger partial charge in [-0.15, -0.1) is 0 Å². The predicted octanol–water partition coefficient (Wildman–Crippen LogP) is 1.52. The van der Waals surface area contributed by atoms with Gasteiger partial charge in [-0.25, -0.2) is 13.1 Å². The fourth-order valence-electron chi connectivity index (χ4n) is 1.56. The van der Waals surface area contributed by atoms with Crippen molar-refractivity contribution in [2.75, 3.05) is 6.54 Å². The van der Waals surface area contributed by atoms with Gasteiger partial charge in [0, 0.05) is 6.54 Å². The van der Waals surface area contributed by atoms with Crippen LogP contribution in [0.4, 0.5) is 0 Å². The van der Waals surface area contributed by atoms with Crippen LogP contribution in [0.2, 0.25) is 0 Å². The van der Waals surface area contributed by atoms with Crippen LogP contribution in [0.3, 0.4) is 0 Å². The molecule has 5 heteroatoms. The van der Waals surface area contributed by atoms with E-state index in [0.29, 0.717) is 6.42 Å². The van der Waals surface area contributed by atoms with Gasteiger partial charge in [-0.2, -0.15) is 0 Å². The van der Waals surface area contributed by atoms with E-state index in [0.717, 1.165) is 6.42 Å². The molecule has 0 aliphatic rings. The number of hydrogen-bond donors (Lipinski definition) is 2. The predicted molar refractivity (Wildman–Crippen MR) is 67.2 cm³/mol. The average Bonchev–Trinajstić information content (AvgIpc) is 2.28. The Hall–Kier alpha value is -0.910. The Morgan fingerprint density at radius 2 is 1.88 bits per heavy atom. The summed E-state index contributed by atoms with van der Waals surface area (Å²) in [4.78, 5) is 0.215. The third kappa shape index (κ3) is 4.46. The summed E-state index contributed by atoms with van der Waals surface area (Å²) in [5, 5.41) is 9.90. The zero-order valence-electron chi connectivity index (χ0n) is 10.2. The SMILES string of the molecule is CCCC(C)(O)CNS(=O)(=O)c1ccccc1. The highest BCUT2D eigenvalue weighted by atomic mass is 32.2. The molecule has 0 aromatic heterocycles. The first kappa shape index (κ1) is 14.2. The Balaban J connectivity index is 2.69. The topological polar surface area (TPSA) is 66.4 Å². The minimum atomic E-state index is -3.52. The van der Waals surface area contributed by atoms with Gasteiger partial charge in [-0.05, 0) is 25.5 Å². The molecule has 0 fully saturated rings. The normalized spacial score (nSPS) is 15.5. The van der Waals surface area contributed by atoms with Crippen LogP contribution in [0.1, 0.15) is 26.7 Å². The Morgan fingerprint density at radius 3 is 2.41 bits per heavy atom. The molecule has 0 radical (unpaired) electrons. The van der Waals surface area contributed by atoms with Crippen LogP contribution in [-0.4, -0.2) is 25.7 Å². The maximum atomic E-state index is 11.9. The van der Waals surface area contributed by atoms with Crippen LogP contribution in [0, 0.1) is 0 Å². The fourth-order valence-corrected chi connectivity index (χ4v) is 2.74. The third-order valence-corrected chi connectivity index (χ3v) is 3.90. The molecule has 0 heterocycles. The summed E-state index contributed by atoms with van der Waals surface area (Å²) < 4.78 is 26.1. The highest BCUT2D eigenvalue weighted by Crippen LogP contribution is 2.13. The average molecular weight is 257 g/mol. The smallest absolute Gasteiger partial charge is 0.240 e. The first-order valence-corrected chi connectivity index (χ1v) is 7.13. The van der Waals surface area contributed by atoms with Crippen molar-refractivity contribution >= 4 is 10.0 Å². The van der Waals surface area contributed by atoms with Crippen molar-refractivity contribution < 1.29 is 13.5 Å². The number of sulfonamides is 1. The van der Waals surface area contributed by atoms with Gasteiger partial charge in [0.25, 0.3) is 0 Å². The van der Waals surface area contributed by atoms with E-state index >= 15 is 0 Å². The molecule has 17 heavy (non-hydrogen) atoms. The largest absolute Gasteiger partial charge is 0.389 e. The van der Waals surface area contributed by atoms with Crippen molar-refractivity contribution in [3.63, 3.8) is 0 Å². The first-order valence-electron chi connectivity index (χ1n) is 5.64. The maximum Gasteiger partial charge on any atom is 0.240 e. The molecule has 0 aliphatic heterocycles. The summed E-state index contributed by atoms with van der Waals surface area (Å²) in [7, 11) is -3.52. The molecule has 0 aliphatic carbocycles. The van der Waals surface area contributed by atoms with Crippen molar-refractivity contribution in [1.29, 1.82) is 0 Å². The van der Waals surface area contributed by atoms with Crippen LogP contribution < -0.4 is 4.72 Å². The summed E-state index contributed by atoms with van der Waals surface area (Å²) in [6.07, 6.45) is 1.37. The van der Waals surface area contributed by atoms with E-state index in [1.807, 2.05) is 6.92 Å². The Labute approximate surface area is 103 Å². The van der Waals surface area contributed by atoms with Gasteiger partial charge in [-0.3, -0.25) is 0 Å². The second-order valence-electron chi connectivity index (χ2n) is 4.38. The van der Waals surface area contributed by atoms with Gasteiger partial charge in [0.15, 0.2) is 0 Å². The molecule has 0 bridgehead atoms. The van der Waals surface area contributed by atoms with E-state index in [2.05, 4.69) is 4.72 Å². The summed E-state index contributed by atoms with van der Waals surface area (Å²) in [6, 6.07) is 8.14. The van der Waals surface area contributed by atoms with Gasteiger partial charge in [0.2, 0.25) is 10.0 Å². The quantitative estimate of drug-likeness (QED) is 0.812. The zero-order valence-corrected chi connectivity index (χ0v) is 11.0. The molecular formula is C12H19NO3S. The first-order chi connectivity index (χ1) is 7.87. The molecule has 2 N–H and O–H groups in total. The minimum absolute atomic E-state index is 0.0259. The molecule has 0 spiro atoms. The van der Waals surface area contributed by atoms with Crippen LogP contribution in [0.5, 0.6) is 0 Å². The minimum Gasteiger partial charge on any atom is -0.389 e. The Kier molecular flexibility index (Phi) is 4.68. The molecule has 0 amide bonds. The lowest BCUT2D eigenvalue weighted by molar-refractivity contribution is 0.0554. The van der Waals surface area contributed by atoms with Crippen molar-refractivity contribution in [1.82, 2.24) is 4.72 Å². The molecule has 1 atom stereocenters. The van der Waals surface area contributed by atoms with Gasteiger partial charge in [-0.1, -0.05) is 31.5 Å². The van der Waals surface area contributed by atoms with Gasteiger partial charge < -0.3 is 5.11 Å². The number of benzene rings is 1. The van der Waals surface area contributed by atoms with E-state index in [-0.39, 0.29) is 11.4 Å². The van der Waals surface area contributed by atoms with E-state index in [9.17, 15) is 13.5 Å². The van der Waals surface area contributed by atoms with E-state index in [4.69, 9.17) is 0 Å². The standard InChI is InChI=1S/C12H19NO3S/c1-3-9-12(2,14)10-13-17(15,16)11-7-5-4-6-8-11/h4-8,13-14H,3,9-10H2,1-2H3. The van der Waals surface area contributed by atoms with E-state index in [1.54, 1.807) is 25.1 Å². The molecule has 4 nitrogen and oxygen atoms in total. The Bertz CT molecular complexity index is 440. The monoisotopic (exact) mass is 257 g/mol. The second kappa shape index (κ2) is 5.62. The molecule has 1 aromatic rings. The summed E-state index contributed by atoms with van der Waals surface area (Å²) in [6.45, 7) is 3.60.